The van der Waals surface area contributed by atoms with Crippen molar-refractivity contribution in [3.8, 4) is 5.75 Å². The summed E-state index contributed by atoms with van der Waals surface area (Å²) in [5.74, 6) is 2.90. The van der Waals surface area contributed by atoms with Crippen LogP contribution in [0.1, 0.15) is 12.7 Å². The van der Waals surface area contributed by atoms with Gasteiger partial charge in [0.15, 0.2) is 0 Å². The number of aryl methyl sites for hydroxylation is 1. The molecule has 2 aromatic rings. The van der Waals surface area contributed by atoms with E-state index < -0.39 is 0 Å². The fourth-order valence-corrected chi connectivity index (χ4v) is 2.26. The van der Waals surface area contributed by atoms with E-state index in [0.29, 0.717) is 37.0 Å². The second-order valence-corrected chi connectivity index (χ2v) is 5.79. The summed E-state index contributed by atoms with van der Waals surface area (Å²) >= 11 is 0. The monoisotopic (exact) mass is 358 g/mol. The molecule has 140 valence electrons. The molecule has 0 saturated heterocycles. The highest BCUT2D eigenvalue weighted by Gasteiger charge is 2.07. The largest absolute Gasteiger partial charge is 0.492 e. The van der Waals surface area contributed by atoms with Gasteiger partial charge in [-0.3, -0.25) is 0 Å². The number of hydrogen-bond donors (Lipinski definition) is 3. The maximum Gasteiger partial charge on any atom is 0.319 e. The first-order valence-corrected chi connectivity index (χ1v) is 8.53. The molecule has 0 unspecified atom stereocenters. The van der Waals surface area contributed by atoms with E-state index in [4.69, 9.17) is 4.74 Å². The fraction of sp³-hybridized carbons (Fsp3) is 0.389. The van der Waals surface area contributed by atoms with E-state index in [9.17, 15) is 4.79 Å². The molecular weight excluding hydrogens is 332 g/mol. The van der Waals surface area contributed by atoms with E-state index in [0.717, 1.165) is 11.6 Å². The van der Waals surface area contributed by atoms with Gasteiger partial charge in [0.1, 0.15) is 23.2 Å². The molecule has 26 heavy (non-hydrogen) atoms. The minimum absolute atomic E-state index is 0.285. The molecule has 1 aromatic heterocycles. The highest BCUT2D eigenvalue weighted by Crippen LogP contribution is 2.23. The summed E-state index contributed by atoms with van der Waals surface area (Å²) in [4.78, 5) is 22.6. The van der Waals surface area contributed by atoms with E-state index in [2.05, 4.69) is 25.9 Å². The number of carbonyl (C=O) groups excluding carboxylic acids is 1. The average Bonchev–Trinajstić information content (AvgIpc) is 2.60. The molecule has 0 saturated carbocycles. The molecule has 0 atom stereocenters. The topological polar surface area (TPSA) is 91.4 Å². The molecule has 8 nitrogen and oxygen atoms in total. The minimum atomic E-state index is -0.285. The van der Waals surface area contributed by atoms with Crippen molar-refractivity contribution in [2.75, 3.05) is 49.3 Å². The van der Waals surface area contributed by atoms with Crippen molar-refractivity contribution in [3.05, 3.63) is 36.2 Å². The van der Waals surface area contributed by atoms with Gasteiger partial charge in [0.25, 0.3) is 0 Å². The van der Waals surface area contributed by atoms with Gasteiger partial charge in [-0.2, -0.15) is 0 Å². The molecule has 2 amide bonds. The summed E-state index contributed by atoms with van der Waals surface area (Å²) in [6, 6.07) is 8.91. The van der Waals surface area contributed by atoms with Crippen molar-refractivity contribution < 1.29 is 9.53 Å². The zero-order valence-electron chi connectivity index (χ0n) is 15.7. The predicted molar refractivity (Wildman–Crippen MR) is 104 cm³/mol. The van der Waals surface area contributed by atoms with Crippen molar-refractivity contribution in [1.29, 1.82) is 0 Å². The lowest BCUT2D eigenvalue weighted by Crippen LogP contribution is -2.32. The standard InChI is InChI=1S/C18H26N6O2/c1-5-26-15-9-7-6-8-14(15)23-18(25)20-11-10-19-16-12-17(24(3)4)22-13(2)21-16/h6-9,12H,5,10-11H2,1-4H3,(H,19,21,22)(H2,20,23,25). The van der Waals surface area contributed by atoms with Crippen molar-refractivity contribution in [2.24, 2.45) is 0 Å². The fourth-order valence-electron chi connectivity index (χ4n) is 2.26. The number of carbonyl (C=O) groups is 1. The Hall–Kier alpha value is -3.03. The second-order valence-electron chi connectivity index (χ2n) is 5.79. The lowest BCUT2D eigenvalue weighted by atomic mass is 10.3. The number of rotatable bonds is 8. The molecule has 0 aliphatic heterocycles. The first-order chi connectivity index (χ1) is 12.5. The Morgan fingerprint density at radius 1 is 1.19 bits per heavy atom. The molecule has 0 aliphatic carbocycles. The maximum atomic E-state index is 12.0. The Kier molecular flexibility index (Phi) is 7.02. The third-order valence-electron chi connectivity index (χ3n) is 3.43. The Morgan fingerprint density at radius 2 is 1.96 bits per heavy atom. The van der Waals surface area contributed by atoms with Crippen molar-refractivity contribution in [3.63, 3.8) is 0 Å². The molecular formula is C18H26N6O2. The Labute approximate surface area is 154 Å². The number of ether oxygens (including phenoxy) is 1. The quantitative estimate of drug-likeness (QED) is 0.628. The van der Waals surface area contributed by atoms with Crippen molar-refractivity contribution >= 4 is 23.4 Å². The Morgan fingerprint density at radius 3 is 2.69 bits per heavy atom. The Balaban J connectivity index is 1.81. The highest BCUT2D eigenvalue weighted by atomic mass is 16.5. The number of benzene rings is 1. The molecule has 0 bridgehead atoms. The average molecular weight is 358 g/mol. The molecule has 2 rings (SSSR count). The number of urea groups is 1. The van der Waals surface area contributed by atoms with Crippen LogP contribution in [0.2, 0.25) is 0 Å². The maximum absolute atomic E-state index is 12.0. The van der Waals surface area contributed by atoms with Crippen LogP contribution in [0.15, 0.2) is 30.3 Å². The second kappa shape index (κ2) is 9.45. The van der Waals surface area contributed by atoms with Crippen LogP contribution in [0.5, 0.6) is 5.75 Å². The first kappa shape index (κ1) is 19.3. The lowest BCUT2D eigenvalue weighted by molar-refractivity contribution is 0.252. The summed E-state index contributed by atoms with van der Waals surface area (Å²) < 4.78 is 5.49. The van der Waals surface area contributed by atoms with E-state index in [-0.39, 0.29) is 6.03 Å². The molecule has 1 aromatic carbocycles. The van der Waals surface area contributed by atoms with Gasteiger partial charge in [0, 0.05) is 33.3 Å². The van der Waals surface area contributed by atoms with Crippen LogP contribution in [0.4, 0.5) is 22.1 Å². The lowest BCUT2D eigenvalue weighted by Gasteiger charge is -2.14. The van der Waals surface area contributed by atoms with Gasteiger partial charge in [-0.25, -0.2) is 14.8 Å². The molecule has 0 radical (unpaired) electrons. The summed E-state index contributed by atoms with van der Waals surface area (Å²) in [5, 5.41) is 8.78. The molecule has 0 aliphatic rings. The number of amides is 2. The Bertz CT molecular complexity index is 735. The molecule has 0 spiro atoms. The van der Waals surface area contributed by atoms with Gasteiger partial charge in [-0.05, 0) is 26.0 Å². The van der Waals surface area contributed by atoms with Crippen LogP contribution >= 0.6 is 0 Å². The number of nitrogens with zero attached hydrogens (tertiary/aromatic N) is 3. The smallest absolute Gasteiger partial charge is 0.319 e. The number of para-hydroxylation sites is 2. The van der Waals surface area contributed by atoms with Crippen LogP contribution in [-0.4, -0.2) is 49.8 Å². The third-order valence-corrected chi connectivity index (χ3v) is 3.43. The zero-order chi connectivity index (χ0) is 18.9. The zero-order valence-corrected chi connectivity index (χ0v) is 15.7. The van der Waals surface area contributed by atoms with E-state index in [1.54, 1.807) is 6.07 Å². The van der Waals surface area contributed by atoms with Gasteiger partial charge in [-0.15, -0.1) is 0 Å². The highest BCUT2D eigenvalue weighted by molar-refractivity contribution is 5.90. The normalized spacial score (nSPS) is 10.2. The van der Waals surface area contributed by atoms with Gasteiger partial charge < -0.3 is 25.6 Å². The molecule has 8 heteroatoms. The van der Waals surface area contributed by atoms with Crippen LogP contribution in [-0.2, 0) is 0 Å². The van der Waals surface area contributed by atoms with Gasteiger partial charge >= 0.3 is 6.03 Å². The van der Waals surface area contributed by atoms with E-state index in [1.807, 2.05) is 57.1 Å². The predicted octanol–water partition coefficient (Wildman–Crippen LogP) is 2.48. The van der Waals surface area contributed by atoms with Crippen LogP contribution in [0.3, 0.4) is 0 Å². The number of anilines is 3. The van der Waals surface area contributed by atoms with Gasteiger partial charge in [0.2, 0.25) is 0 Å². The number of aromatic nitrogens is 2. The molecule has 3 N–H and O–H groups in total. The summed E-state index contributed by atoms with van der Waals surface area (Å²) in [6.07, 6.45) is 0. The van der Waals surface area contributed by atoms with Crippen LogP contribution < -0.4 is 25.6 Å². The number of nitrogens with one attached hydrogen (secondary N) is 3. The third kappa shape index (κ3) is 5.80. The molecule has 1 heterocycles. The number of hydrogen-bond acceptors (Lipinski definition) is 6. The summed E-state index contributed by atoms with van der Waals surface area (Å²) in [6.45, 7) is 5.28. The van der Waals surface area contributed by atoms with Crippen molar-refractivity contribution in [2.45, 2.75) is 13.8 Å². The summed E-state index contributed by atoms with van der Waals surface area (Å²) in [7, 11) is 3.86. The van der Waals surface area contributed by atoms with Gasteiger partial charge in [-0.1, -0.05) is 12.1 Å². The SMILES string of the molecule is CCOc1ccccc1NC(=O)NCCNc1cc(N(C)C)nc(C)n1. The molecule has 0 fully saturated rings. The van der Waals surface area contributed by atoms with E-state index in [1.165, 1.54) is 0 Å². The van der Waals surface area contributed by atoms with Gasteiger partial charge in [0.05, 0.1) is 12.3 Å². The first-order valence-electron chi connectivity index (χ1n) is 8.53. The van der Waals surface area contributed by atoms with Crippen molar-refractivity contribution in [1.82, 2.24) is 15.3 Å². The van der Waals surface area contributed by atoms with E-state index >= 15 is 0 Å². The summed E-state index contributed by atoms with van der Waals surface area (Å²) in [5.41, 5.74) is 0.641. The minimum Gasteiger partial charge on any atom is -0.492 e. The van der Waals surface area contributed by atoms with Crippen LogP contribution in [0.25, 0.3) is 0 Å². The van der Waals surface area contributed by atoms with Crippen LogP contribution in [0, 0.1) is 6.92 Å².